The van der Waals surface area contributed by atoms with Crippen LogP contribution in [0.1, 0.15) is 125 Å². The van der Waals surface area contributed by atoms with Gasteiger partial charge in [0.25, 0.3) is 0 Å². The average molecular weight is 817 g/mol. The van der Waals surface area contributed by atoms with E-state index in [0.29, 0.717) is 24.7 Å². The molecule has 0 aliphatic carbocycles. The van der Waals surface area contributed by atoms with Crippen LogP contribution in [-0.4, -0.2) is 37.1 Å². The van der Waals surface area contributed by atoms with E-state index in [1.54, 1.807) is 0 Å². The number of esters is 4. The van der Waals surface area contributed by atoms with Crippen LogP contribution in [0.3, 0.4) is 0 Å². The number of halogens is 6. The summed E-state index contributed by atoms with van der Waals surface area (Å²) in [7, 11) is 0. The number of ether oxygens (including phenoxy) is 4. The molecule has 0 saturated heterocycles. The number of rotatable bonds is 20. The fraction of sp³-hybridized carbons (Fsp3) is 0.556. The average Bonchev–Trinajstić information content (AvgIpc) is 3.06. The van der Waals surface area contributed by atoms with Gasteiger partial charge in [-0.25, -0.2) is 19.2 Å². The van der Waals surface area contributed by atoms with Crippen molar-refractivity contribution in [1.29, 1.82) is 0 Å². The van der Waals surface area contributed by atoms with E-state index in [2.05, 4.69) is 27.7 Å². The van der Waals surface area contributed by atoms with Gasteiger partial charge in [-0.05, 0) is 36.8 Å². The first-order valence-corrected chi connectivity index (χ1v) is 19.1. The van der Waals surface area contributed by atoms with Gasteiger partial charge in [-0.1, -0.05) is 162 Å². The van der Waals surface area contributed by atoms with Gasteiger partial charge >= 0.3 is 23.9 Å². The van der Waals surface area contributed by atoms with Crippen LogP contribution in [-0.2, 0) is 19.1 Å². The molecular weight excluding hydrogens is 773 g/mol. The smallest absolute Gasteiger partial charge is 0.423 e. The minimum atomic E-state index is -1.64. The van der Waals surface area contributed by atoms with E-state index in [1.165, 1.54) is 0 Å². The lowest BCUT2D eigenvalue weighted by Gasteiger charge is -2.16. The molecule has 0 radical (unpaired) electrons. The fourth-order valence-corrected chi connectivity index (χ4v) is 6.41. The van der Waals surface area contributed by atoms with Crippen molar-refractivity contribution >= 4 is 93.5 Å². The standard InChI is InChI=1S/C36H44Cl6O8/c1-5-7-9-11-13-21(3)15-17-47-33(43)27-29(41)23(37)19-25(39)31(27)49-35(45)36(46)50-32-26(40)20-24(38)30(42)28(32)34(44)48-18-16-22(4)14-12-10-8-6-2/h19-22H,5-18H2,1-4H3. The Hall–Kier alpha value is -1.94. The summed E-state index contributed by atoms with van der Waals surface area (Å²) in [4.78, 5) is 52.3. The molecule has 8 nitrogen and oxygen atoms in total. The van der Waals surface area contributed by atoms with E-state index in [0.717, 1.165) is 76.3 Å². The Bertz CT molecular complexity index is 1370. The summed E-state index contributed by atoms with van der Waals surface area (Å²) in [5.74, 6) is -5.79. The van der Waals surface area contributed by atoms with Gasteiger partial charge in [-0.3, -0.25) is 0 Å². The molecule has 0 saturated carbocycles. The third-order valence-corrected chi connectivity index (χ3v) is 10.1. The van der Waals surface area contributed by atoms with Crippen LogP contribution in [0.25, 0.3) is 0 Å². The number of carbonyl (C=O) groups excluding carboxylic acids is 4. The van der Waals surface area contributed by atoms with E-state index in [4.69, 9.17) is 88.6 Å². The molecular formula is C36H44Cl6O8. The normalized spacial score (nSPS) is 12.3. The van der Waals surface area contributed by atoms with Crippen LogP contribution in [0, 0.1) is 11.8 Å². The lowest BCUT2D eigenvalue weighted by molar-refractivity contribution is -0.156. The highest BCUT2D eigenvalue weighted by molar-refractivity contribution is 6.47. The summed E-state index contributed by atoms with van der Waals surface area (Å²) >= 11 is 37.5. The quantitative estimate of drug-likeness (QED) is 0.0428. The van der Waals surface area contributed by atoms with E-state index in [1.807, 2.05) is 0 Å². The zero-order valence-corrected chi connectivity index (χ0v) is 33.3. The minimum absolute atomic E-state index is 0.0518. The van der Waals surface area contributed by atoms with Gasteiger partial charge in [-0.15, -0.1) is 0 Å². The lowest BCUT2D eigenvalue weighted by atomic mass is 10.00. The van der Waals surface area contributed by atoms with Gasteiger partial charge in [-0.2, -0.15) is 0 Å². The fourth-order valence-electron chi connectivity index (χ4n) is 4.97. The second kappa shape index (κ2) is 22.9. The summed E-state index contributed by atoms with van der Waals surface area (Å²) in [5, 5.41) is -1.48. The van der Waals surface area contributed by atoms with Gasteiger partial charge in [0.15, 0.2) is 11.5 Å². The van der Waals surface area contributed by atoms with Gasteiger partial charge in [0.2, 0.25) is 0 Å². The molecule has 0 aromatic heterocycles. The number of hydrogen-bond acceptors (Lipinski definition) is 8. The first-order valence-electron chi connectivity index (χ1n) is 16.9. The van der Waals surface area contributed by atoms with Crippen molar-refractivity contribution in [3.05, 3.63) is 53.4 Å². The Morgan fingerprint density at radius 1 is 0.540 bits per heavy atom. The van der Waals surface area contributed by atoms with E-state index in [-0.39, 0.29) is 43.3 Å². The highest BCUT2D eigenvalue weighted by atomic mass is 35.5. The molecule has 14 heteroatoms. The maximum absolute atomic E-state index is 13.1. The third kappa shape index (κ3) is 13.9. The highest BCUT2D eigenvalue weighted by Gasteiger charge is 2.32. The van der Waals surface area contributed by atoms with Crippen LogP contribution in [0.2, 0.25) is 30.1 Å². The van der Waals surface area contributed by atoms with Crippen molar-refractivity contribution in [3.63, 3.8) is 0 Å². The topological polar surface area (TPSA) is 105 Å². The molecule has 2 rings (SSSR count). The summed E-state index contributed by atoms with van der Waals surface area (Å²) in [6.07, 6.45) is 12.1. The number of unbranched alkanes of at least 4 members (excludes halogenated alkanes) is 6. The molecule has 2 aromatic rings. The van der Waals surface area contributed by atoms with Crippen molar-refractivity contribution in [2.75, 3.05) is 13.2 Å². The summed E-state index contributed by atoms with van der Waals surface area (Å²) < 4.78 is 21.2. The molecule has 0 amide bonds. The molecule has 0 aliphatic heterocycles. The summed E-state index contributed by atoms with van der Waals surface area (Å²) in [5.41, 5.74) is -0.922. The van der Waals surface area contributed by atoms with Gasteiger partial charge in [0.05, 0.1) is 43.3 Å². The van der Waals surface area contributed by atoms with E-state index < -0.39 is 46.5 Å². The zero-order valence-electron chi connectivity index (χ0n) is 28.7. The Kier molecular flexibility index (Phi) is 20.2. The maximum atomic E-state index is 13.1. The second-order valence-electron chi connectivity index (χ2n) is 12.3. The summed E-state index contributed by atoms with van der Waals surface area (Å²) in [6.45, 7) is 8.51. The molecule has 0 aliphatic rings. The number of benzene rings is 2. The number of hydrogen-bond donors (Lipinski definition) is 0. The van der Waals surface area contributed by atoms with Crippen LogP contribution < -0.4 is 9.47 Å². The minimum Gasteiger partial charge on any atom is -0.462 e. The first-order chi connectivity index (χ1) is 23.7. The van der Waals surface area contributed by atoms with Crippen molar-refractivity contribution in [2.45, 2.75) is 105 Å². The first kappa shape index (κ1) is 44.2. The summed E-state index contributed by atoms with van der Waals surface area (Å²) in [6, 6.07) is 2.26. The molecule has 278 valence electrons. The van der Waals surface area contributed by atoms with E-state index >= 15 is 0 Å². The molecule has 2 unspecified atom stereocenters. The van der Waals surface area contributed by atoms with Crippen molar-refractivity contribution in [2.24, 2.45) is 11.8 Å². The Morgan fingerprint density at radius 3 is 1.24 bits per heavy atom. The zero-order chi connectivity index (χ0) is 37.4. The van der Waals surface area contributed by atoms with Gasteiger partial charge in [0, 0.05) is 0 Å². The van der Waals surface area contributed by atoms with Crippen molar-refractivity contribution < 1.29 is 38.1 Å². The van der Waals surface area contributed by atoms with E-state index in [9.17, 15) is 19.2 Å². The molecule has 50 heavy (non-hydrogen) atoms. The maximum Gasteiger partial charge on any atom is 0.423 e. The molecule has 0 spiro atoms. The molecule has 0 N–H and O–H groups in total. The predicted molar refractivity (Wildman–Crippen MR) is 200 cm³/mol. The molecule has 0 bridgehead atoms. The van der Waals surface area contributed by atoms with Gasteiger partial charge < -0.3 is 18.9 Å². The molecule has 0 fully saturated rings. The lowest BCUT2D eigenvalue weighted by Crippen LogP contribution is -2.27. The van der Waals surface area contributed by atoms with Gasteiger partial charge in [0.1, 0.15) is 11.1 Å². The monoisotopic (exact) mass is 814 g/mol. The Labute approximate surface area is 324 Å². The largest absolute Gasteiger partial charge is 0.462 e. The van der Waals surface area contributed by atoms with Crippen LogP contribution in [0.15, 0.2) is 12.1 Å². The Balaban J connectivity index is 2.18. The van der Waals surface area contributed by atoms with Crippen molar-refractivity contribution in [1.82, 2.24) is 0 Å². The third-order valence-electron chi connectivity index (χ3n) is 8.01. The molecule has 2 aromatic carbocycles. The van der Waals surface area contributed by atoms with Crippen LogP contribution >= 0.6 is 69.6 Å². The highest BCUT2D eigenvalue weighted by Crippen LogP contribution is 2.42. The SMILES string of the molecule is CCCCCCC(C)CCOC(=O)c1c(Cl)c(Cl)cc(Cl)c1OC(=O)C(=O)Oc1c(Cl)cc(Cl)c(Cl)c1C(=O)OCCC(C)CCCCCC. The molecule has 0 heterocycles. The van der Waals surface area contributed by atoms with Crippen LogP contribution in [0.5, 0.6) is 11.5 Å². The predicted octanol–water partition coefficient (Wildman–Crippen LogP) is 12.4. The second-order valence-corrected chi connectivity index (χ2v) is 14.6. The Morgan fingerprint density at radius 2 is 0.900 bits per heavy atom. The van der Waals surface area contributed by atoms with Crippen molar-refractivity contribution in [3.8, 4) is 11.5 Å². The van der Waals surface area contributed by atoms with Crippen LogP contribution in [0.4, 0.5) is 0 Å². The molecule has 2 atom stereocenters. The number of carbonyl (C=O) groups is 4.